The average molecular weight is 405 g/mol. The van der Waals surface area contributed by atoms with E-state index < -0.39 is 17.2 Å². The van der Waals surface area contributed by atoms with E-state index in [1.807, 2.05) is 0 Å². The Morgan fingerprint density at radius 2 is 1.62 bits per heavy atom. The molecule has 0 radical (unpaired) electrons. The molecular weight excluding hydrogens is 368 g/mol. The van der Waals surface area contributed by atoms with E-state index in [1.54, 1.807) is 0 Å². The highest BCUT2D eigenvalue weighted by molar-refractivity contribution is 5.30. The van der Waals surface area contributed by atoms with E-state index in [9.17, 15) is 5.11 Å². The molecule has 6 rings (SSSR count). The Kier molecular flexibility index (Phi) is 3.89. The van der Waals surface area contributed by atoms with Crippen LogP contribution in [0.5, 0.6) is 0 Å². The van der Waals surface area contributed by atoms with E-state index in [-0.39, 0.29) is 16.7 Å². The molecular formula is C24H36O5. The molecule has 0 aromatic heterocycles. The summed E-state index contributed by atoms with van der Waals surface area (Å²) in [6, 6.07) is 0. The molecule has 162 valence electrons. The van der Waals surface area contributed by atoms with Crippen molar-refractivity contribution in [3.05, 3.63) is 11.6 Å². The number of allylic oxidation sites excluding steroid dienone is 1. The minimum Gasteiger partial charge on any atom is -0.390 e. The van der Waals surface area contributed by atoms with Gasteiger partial charge in [-0.25, -0.2) is 0 Å². The SMILES string of the molecule is CC1(O)CC2(C)C(CCC23OCCO3)C2CC=C3CC4(CCC3(C)C21)OCCO4. The summed E-state index contributed by atoms with van der Waals surface area (Å²) in [5, 5.41) is 12.0. The second-order valence-electron chi connectivity index (χ2n) is 11.4. The van der Waals surface area contributed by atoms with Crippen LogP contribution in [-0.4, -0.2) is 48.7 Å². The zero-order chi connectivity index (χ0) is 20.1. The Morgan fingerprint density at radius 3 is 2.34 bits per heavy atom. The minimum atomic E-state index is -0.737. The number of ether oxygens (including phenoxy) is 4. The maximum Gasteiger partial charge on any atom is 0.174 e. The third-order valence-corrected chi connectivity index (χ3v) is 9.92. The van der Waals surface area contributed by atoms with Gasteiger partial charge in [-0.05, 0) is 55.8 Å². The third-order valence-electron chi connectivity index (χ3n) is 9.92. The highest BCUT2D eigenvalue weighted by Gasteiger charge is 2.71. The molecule has 6 atom stereocenters. The average Bonchev–Trinajstić information content (AvgIpc) is 3.37. The monoisotopic (exact) mass is 404 g/mol. The molecule has 2 aliphatic heterocycles. The predicted octanol–water partition coefficient (Wildman–Crippen LogP) is 3.80. The van der Waals surface area contributed by atoms with Crippen LogP contribution in [0.4, 0.5) is 0 Å². The van der Waals surface area contributed by atoms with Crippen molar-refractivity contribution in [2.24, 2.45) is 28.6 Å². The van der Waals surface area contributed by atoms with Crippen molar-refractivity contribution >= 4 is 0 Å². The zero-order valence-electron chi connectivity index (χ0n) is 18.2. The molecule has 0 amide bonds. The Hall–Kier alpha value is -0.460. The van der Waals surface area contributed by atoms with E-state index in [0.29, 0.717) is 38.3 Å². The highest BCUT2D eigenvalue weighted by Crippen LogP contribution is 2.71. The van der Waals surface area contributed by atoms with Crippen molar-refractivity contribution in [2.45, 2.75) is 82.9 Å². The van der Waals surface area contributed by atoms with Crippen molar-refractivity contribution in [1.29, 1.82) is 0 Å². The summed E-state index contributed by atoms with van der Waals surface area (Å²) in [5.74, 6) is 0.387. The Balaban J connectivity index is 1.39. The van der Waals surface area contributed by atoms with Gasteiger partial charge in [0.05, 0.1) is 32.0 Å². The lowest BCUT2D eigenvalue weighted by Crippen LogP contribution is -2.64. The zero-order valence-corrected chi connectivity index (χ0v) is 18.2. The van der Waals surface area contributed by atoms with Crippen LogP contribution < -0.4 is 0 Å². The molecule has 5 nitrogen and oxygen atoms in total. The van der Waals surface area contributed by atoms with Gasteiger partial charge >= 0.3 is 0 Å². The van der Waals surface area contributed by atoms with Crippen molar-refractivity contribution in [3.63, 3.8) is 0 Å². The van der Waals surface area contributed by atoms with Crippen molar-refractivity contribution < 1.29 is 24.1 Å². The molecule has 5 fully saturated rings. The van der Waals surface area contributed by atoms with Crippen LogP contribution >= 0.6 is 0 Å². The Bertz CT molecular complexity index is 732. The fourth-order valence-electron chi connectivity index (χ4n) is 8.99. The van der Waals surface area contributed by atoms with Crippen LogP contribution in [0.1, 0.15) is 65.7 Å². The molecule has 6 unspecified atom stereocenters. The van der Waals surface area contributed by atoms with Gasteiger partial charge in [0.2, 0.25) is 0 Å². The van der Waals surface area contributed by atoms with Gasteiger partial charge in [-0.1, -0.05) is 25.5 Å². The molecule has 4 aliphatic carbocycles. The highest BCUT2D eigenvalue weighted by atomic mass is 16.7. The van der Waals surface area contributed by atoms with Gasteiger partial charge in [0.1, 0.15) is 0 Å². The number of fused-ring (bicyclic) bond motifs is 6. The molecule has 2 heterocycles. The summed E-state index contributed by atoms with van der Waals surface area (Å²) < 4.78 is 24.6. The van der Waals surface area contributed by atoms with Crippen LogP contribution in [0, 0.1) is 28.6 Å². The fourth-order valence-corrected chi connectivity index (χ4v) is 8.99. The van der Waals surface area contributed by atoms with Crippen LogP contribution in [0.3, 0.4) is 0 Å². The standard InChI is InChI=1S/C24H36O5/c1-20-8-9-23(26-10-11-27-23)14-16(20)4-5-17-18-6-7-24(28-12-13-29-24)21(18,2)15-22(3,25)19(17)20/h4,17-19,25H,5-15H2,1-3H3. The van der Waals surface area contributed by atoms with E-state index in [2.05, 4.69) is 26.8 Å². The number of hydrogen-bond acceptors (Lipinski definition) is 5. The smallest absolute Gasteiger partial charge is 0.174 e. The predicted molar refractivity (Wildman–Crippen MR) is 107 cm³/mol. The summed E-state index contributed by atoms with van der Waals surface area (Å²) in [5.41, 5.74) is 0.612. The summed E-state index contributed by atoms with van der Waals surface area (Å²) in [6.45, 7) is 9.60. The summed E-state index contributed by atoms with van der Waals surface area (Å²) >= 11 is 0. The van der Waals surface area contributed by atoms with E-state index >= 15 is 0 Å². The van der Waals surface area contributed by atoms with Gasteiger partial charge in [0, 0.05) is 24.7 Å². The minimum absolute atomic E-state index is 0.0153. The van der Waals surface area contributed by atoms with Gasteiger partial charge in [-0.3, -0.25) is 0 Å². The first-order valence-electron chi connectivity index (χ1n) is 11.7. The lowest BCUT2D eigenvalue weighted by molar-refractivity contribution is -0.275. The first-order valence-corrected chi connectivity index (χ1v) is 11.7. The summed E-state index contributed by atoms with van der Waals surface area (Å²) in [7, 11) is 0. The molecule has 6 aliphatic rings. The maximum absolute atomic E-state index is 12.0. The molecule has 3 saturated carbocycles. The van der Waals surface area contributed by atoms with Crippen molar-refractivity contribution in [1.82, 2.24) is 0 Å². The number of aliphatic hydroxyl groups is 1. The normalized spacial score (nSPS) is 52.3. The van der Waals surface area contributed by atoms with Gasteiger partial charge < -0.3 is 24.1 Å². The summed E-state index contributed by atoms with van der Waals surface area (Å²) in [6.07, 6.45) is 9.20. The number of rotatable bonds is 0. The first kappa shape index (κ1) is 19.2. The quantitative estimate of drug-likeness (QED) is 0.623. The van der Waals surface area contributed by atoms with Crippen LogP contribution in [0.2, 0.25) is 0 Å². The Morgan fingerprint density at radius 1 is 0.931 bits per heavy atom. The van der Waals surface area contributed by atoms with Gasteiger partial charge in [0.15, 0.2) is 11.6 Å². The number of hydrogen-bond donors (Lipinski definition) is 1. The first-order chi connectivity index (χ1) is 13.7. The summed E-state index contributed by atoms with van der Waals surface area (Å²) in [4.78, 5) is 0. The van der Waals surface area contributed by atoms with Crippen molar-refractivity contribution in [2.75, 3.05) is 26.4 Å². The second-order valence-corrected chi connectivity index (χ2v) is 11.4. The van der Waals surface area contributed by atoms with Gasteiger partial charge in [0.25, 0.3) is 0 Å². The lowest BCUT2D eigenvalue weighted by Gasteiger charge is -2.64. The molecule has 0 aromatic rings. The second kappa shape index (κ2) is 5.86. The van der Waals surface area contributed by atoms with E-state index in [1.165, 1.54) is 5.57 Å². The van der Waals surface area contributed by atoms with Gasteiger partial charge in [-0.2, -0.15) is 0 Å². The van der Waals surface area contributed by atoms with E-state index in [4.69, 9.17) is 18.9 Å². The van der Waals surface area contributed by atoms with Crippen molar-refractivity contribution in [3.8, 4) is 0 Å². The van der Waals surface area contributed by atoms with Gasteiger partial charge in [-0.15, -0.1) is 0 Å². The lowest BCUT2D eigenvalue weighted by atomic mass is 9.43. The third kappa shape index (κ3) is 2.34. The van der Waals surface area contributed by atoms with Crippen LogP contribution in [0.25, 0.3) is 0 Å². The van der Waals surface area contributed by atoms with Crippen LogP contribution in [0.15, 0.2) is 11.6 Å². The molecule has 5 heteroatoms. The molecule has 1 N–H and O–H groups in total. The largest absolute Gasteiger partial charge is 0.390 e. The van der Waals surface area contributed by atoms with E-state index in [0.717, 1.165) is 44.9 Å². The topological polar surface area (TPSA) is 57.2 Å². The molecule has 0 bridgehead atoms. The Labute approximate surface area is 174 Å². The maximum atomic E-state index is 12.0. The fraction of sp³-hybridized carbons (Fsp3) is 0.917. The van der Waals surface area contributed by atoms with Crippen LogP contribution in [-0.2, 0) is 18.9 Å². The molecule has 29 heavy (non-hydrogen) atoms. The molecule has 2 spiro atoms. The molecule has 2 saturated heterocycles. The molecule has 0 aromatic carbocycles.